The summed E-state index contributed by atoms with van der Waals surface area (Å²) < 4.78 is 5.92. The maximum Gasteiger partial charge on any atom is 0.291 e. The monoisotopic (exact) mass is 574 g/mol. The highest BCUT2D eigenvalue weighted by Gasteiger charge is 2.31. The molecule has 2 amide bonds. The number of H-pyrrole nitrogens is 1. The number of ketones is 1. The van der Waals surface area contributed by atoms with E-state index in [0.717, 1.165) is 27.6 Å². The van der Waals surface area contributed by atoms with Gasteiger partial charge in [-0.3, -0.25) is 24.5 Å². The van der Waals surface area contributed by atoms with Gasteiger partial charge in [0.2, 0.25) is 5.82 Å². The molecule has 0 saturated carbocycles. The van der Waals surface area contributed by atoms with Crippen molar-refractivity contribution in [2.75, 3.05) is 18.6 Å². The van der Waals surface area contributed by atoms with Gasteiger partial charge in [0.25, 0.3) is 11.8 Å². The number of nitrogens with one attached hydrogen (secondary N) is 2. The van der Waals surface area contributed by atoms with E-state index in [2.05, 4.69) is 25.5 Å². The van der Waals surface area contributed by atoms with Gasteiger partial charge in [-0.1, -0.05) is 54.6 Å². The summed E-state index contributed by atoms with van der Waals surface area (Å²) in [7, 11) is 1.64. The van der Waals surface area contributed by atoms with Crippen molar-refractivity contribution in [3.8, 4) is 5.75 Å². The molecular formula is C33H30N6O4. The van der Waals surface area contributed by atoms with Gasteiger partial charge in [0.15, 0.2) is 0 Å². The fourth-order valence-corrected chi connectivity index (χ4v) is 5.11. The zero-order valence-electron chi connectivity index (χ0n) is 23.6. The summed E-state index contributed by atoms with van der Waals surface area (Å²) >= 11 is 0. The predicted molar refractivity (Wildman–Crippen MR) is 161 cm³/mol. The number of Topliss-reactive ketones (excluding diaryl/α,β-unsaturated/α-hetero) is 1. The molecule has 1 aliphatic rings. The number of aromatic nitrogens is 4. The molecule has 0 fully saturated rings. The van der Waals surface area contributed by atoms with Gasteiger partial charge >= 0.3 is 0 Å². The highest BCUT2D eigenvalue weighted by atomic mass is 16.5. The summed E-state index contributed by atoms with van der Waals surface area (Å²) in [4.78, 5) is 49.1. The van der Waals surface area contributed by atoms with E-state index in [4.69, 9.17) is 4.74 Å². The van der Waals surface area contributed by atoms with Crippen LogP contribution in [0.2, 0.25) is 0 Å². The van der Waals surface area contributed by atoms with Crippen molar-refractivity contribution in [3.63, 3.8) is 0 Å². The fraction of sp³-hybridized carbons (Fsp3) is 0.212. The summed E-state index contributed by atoms with van der Waals surface area (Å²) in [6, 6.07) is 24.1. The van der Waals surface area contributed by atoms with E-state index in [-0.39, 0.29) is 24.1 Å². The van der Waals surface area contributed by atoms with Gasteiger partial charge in [0.05, 0.1) is 11.2 Å². The van der Waals surface area contributed by atoms with Crippen molar-refractivity contribution >= 4 is 34.2 Å². The second-order valence-electron chi connectivity index (χ2n) is 10.6. The number of carbonyl (C=O) groups excluding carboxylic acids is 3. The van der Waals surface area contributed by atoms with Crippen LogP contribution in [-0.2, 0) is 28.9 Å². The molecule has 6 rings (SSSR count). The number of likely N-dealkylation sites (N-methyl/N-ethyl adjacent to an activating group) is 1. The third kappa shape index (κ3) is 6.43. The Morgan fingerprint density at radius 1 is 1.00 bits per heavy atom. The van der Waals surface area contributed by atoms with Gasteiger partial charge in [-0.15, -0.1) is 5.10 Å². The second kappa shape index (κ2) is 12.2. The van der Waals surface area contributed by atoms with Gasteiger partial charge in [-0.25, -0.2) is 4.98 Å². The van der Waals surface area contributed by atoms with Crippen LogP contribution in [0.4, 0.5) is 5.69 Å². The molecule has 2 N–H and O–H groups in total. The minimum absolute atomic E-state index is 0.0400. The molecule has 0 saturated heterocycles. The molecule has 3 aromatic carbocycles. The summed E-state index contributed by atoms with van der Waals surface area (Å²) in [5, 5.41) is 10.6. The Balaban J connectivity index is 1.06. The average Bonchev–Trinajstić information content (AvgIpc) is 3.46. The molecule has 10 heteroatoms. The number of carbonyl (C=O) groups is 3. The number of fused-ring (bicyclic) bond motifs is 2. The van der Waals surface area contributed by atoms with Crippen molar-refractivity contribution in [1.29, 1.82) is 0 Å². The Bertz CT molecular complexity index is 1800. The molecule has 0 aliphatic carbocycles. The molecule has 2 aromatic heterocycles. The summed E-state index contributed by atoms with van der Waals surface area (Å²) in [6.07, 6.45) is 3.46. The SMILES string of the molecule is CN1C(=O)[C@H](NC(=O)c2n[nH]c(Cc3ccccc3)n2)COc2ccc(CCC(=O)Cc3ccc4cccnc4c3)cc21. The number of nitrogens with zero attached hydrogens (tertiary/aromatic N) is 4. The Morgan fingerprint density at radius 2 is 1.84 bits per heavy atom. The first-order valence-electron chi connectivity index (χ1n) is 14.1. The van der Waals surface area contributed by atoms with Crippen molar-refractivity contribution in [3.05, 3.63) is 113 Å². The molecule has 0 unspecified atom stereocenters. The Kier molecular flexibility index (Phi) is 7.90. The maximum atomic E-state index is 13.3. The zero-order chi connectivity index (χ0) is 29.8. The van der Waals surface area contributed by atoms with Gasteiger partial charge in [-0.2, -0.15) is 0 Å². The van der Waals surface area contributed by atoms with Crippen molar-refractivity contribution in [1.82, 2.24) is 25.5 Å². The van der Waals surface area contributed by atoms with E-state index in [1.807, 2.05) is 72.8 Å². The second-order valence-corrected chi connectivity index (χ2v) is 10.6. The molecule has 43 heavy (non-hydrogen) atoms. The van der Waals surface area contributed by atoms with E-state index < -0.39 is 11.9 Å². The molecule has 0 radical (unpaired) electrons. The molecular weight excluding hydrogens is 544 g/mol. The van der Waals surface area contributed by atoms with E-state index in [0.29, 0.717) is 42.9 Å². The fourth-order valence-electron chi connectivity index (χ4n) is 5.11. The van der Waals surface area contributed by atoms with Crippen LogP contribution in [0.3, 0.4) is 0 Å². The normalized spacial score (nSPS) is 14.6. The van der Waals surface area contributed by atoms with E-state index in [1.165, 1.54) is 4.90 Å². The van der Waals surface area contributed by atoms with Crippen LogP contribution in [-0.4, -0.2) is 57.5 Å². The van der Waals surface area contributed by atoms with Crippen LogP contribution in [0.15, 0.2) is 85.1 Å². The molecule has 1 atom stereocenters. The van der Waals surface area contributed by atoms with E-state index in [9.17, 15) is 14.4 Å². The van der Waals surface area contributed by atoms with Gasteiger partial charge in [0.1, 0.15) is 30.0 Å². The topological polar surface area (TPSA) is 130 Å². The first-order valence-corrected chi connectivity index (χ1v) is 14.1. The molecule has 1 aliphatic heterocycles. The van der Waals surface area contributed by atoms with Crippen LogP contribution >= 0.6 is 0 Å². The molecule has 10 nitrogen and oxygen atoms in total. The Morgan fingerprint density at radius 3 is 2.70 bits per heavy atom. The summed E-state index contributed by atoms with van der Waals surface area (Å²) in [5.41, 5.74) is 4.32. The maximum absolute atomic E-state index is 13.3. The standard InChI is InChI=1S/C33H30N6O4/c1-39-28-18-22(10-13-25(40)16-23-9-12-24-8-5-15-34-26(24)17-23)11-14-29(28)43-20-27(33(39)42)35-32(41)31-36-30(37-38-31)19-21-6-3-2-4-7-21/h2-9,11-12,14-15,17-18,27H,10,13,16,19-20H2,1H3,(H,35,41)(H,36,37,38)/t27-/m1/s1. The lowest BCUT2D eigenvalue weighted by atomic mass is 10.0. The van der Waals surface area contributed by atoms with Crippen molar-refractivity contribution in [2.45, 2.75) is 31.7 Å². The summed E-state index contributed by atoms with van der Waals surface area (Å²) in [6.45, 7) is -0.0400. The Hall–Kier alpha value is -5.38. The number of aromatic amines is 1. The molecule has 0 spiro atoms. The number of ether oxygens (including phenoxy) is 1. The van der Waals surface area contributed by atoms with Crippen LogP contribution in [0.25, 0.3) is 10.9 Å². The van der Waals surface area contributed by atoms with Crippen LogP contribution in [0.1, 0.15) is 39.6 Å². The lowest BCUT2D eigenvalue weighted by molar-refractivity contribution is -0.120. The molecule has 5 aromatic rings. The van der Waals surface area contributed by atoms with Crippen molar-refractivity contribution < 1.29 is 19.1 Å². The number of hydrogen-bond acceptors (Lipinski definition) is 7. The zero-order valence-corrected chi connectivity index (χ0v) is 23.6. The molecule has 0 bridgehead atoms. The number of hydrogen-bond donors (Lipinski definition) is 2. The number of benzene rings is 3. The number of aryl methyl sites for hydroxylation is 1. The predicted octanol–water partition coefficient (Wildman–Crippen LogP) is 3.84. The lowest BCUT2D eigenvalue weighted by Gasteiger charge is -2.20. The largest absolute Gasteiger partial charge is 0.489 e. The average molecular weight is 575 g/mol. The van der Waals surface area contributed by atoms with Crippen molar-refractivity contribution in [2.24, 2.45) is 0 Å². The van der Waals surface area contributed by atoms with Crippen LogP contribution in [0.5, 0.6) is 5.75 Å². The third-order valence-corrected chi connectivity index (χ3v) is 7.44. The number of anilines is 1. The molecule has 3 heterocycles. The number of rotatable bonds is 9. The molecule has 216 valence electrons. The van der Waals surface area contributed by atoms with Gasteiger partial charge in [-0.05, 0) is 47.4 Å². The van der Waals surface area contributed by atoms with E-state index >= 15 is 0 Å². The van der Waals surface area contributed by atoms with E-state index in [1.54, 1.807) is 19.3 Å². The summed E-state index contributed by atoms with van der Waals surface area (Å²) in [5.74, 6) is 0.241. The van der Waals surface area contributed by atoms with Gasteiger partial charge in [0, 0.05) is 37.9 Å². The highest BCUT2D eigenvalue weighted by Crippen LogP contribution is 2.32. The first-order chi connectivity index (χ1) is 20.9. The van der Waals surface area contributed by atoms with Crippen LogP contribution in [0, 0.1) is 0 Å². The Labute approximate surface area is 248 Å². The number of amides is 2. The first kappa shape index (κ1) is 27.8. The van der Waals surface area contributed by atoms with Crippen LogP contribution < -0.4 is 15.0 Å². The quantitative estimate of drug-likeness (QED) is 0.274. The smallest absolute Gasteiger partial charge is 0.291 e. The highest BCUT2D eigenvalue weighted by molar-refractivity contribution is 6.02. The number of pyridine rings is 1. The minimum atomic E-state index is -0.928. The van der Waals surface area contributed by atoms with Gasteiger partial charge < -0.3 is 15.0 Å². The third-order valence-electron chi connectivity index (χ3n) is 7.44. The lowest BCUT2D eigenvalue weighted by Crippen LogP contribution is -2.49. The minimum Gasteiger partial charge on any atom is -0.489 e.